The highest BCUT2D eigenvalue weighted by molar-refractivity contribution is 5.35. The lowest BCUT2D eigenvalue weighted by Gasteiger charge is -2.29. The molecule has 1 aliphatic rings. The quantitative estimate of drug-likeness (QED) is 0.782. The summed E-state index contributed by atoms with van der Waals surface area (Å²) in [5.74, 6) is 4.03. The Hall–Kier alpha value is -1.46. The van der Waals surface area contributed by atoms with Gasteiger partial charge in [0.25, 0.3) is 0 Å². The highest BCUT2D eigenvalue weighted by Gasteiger charge is 2.24. The van der Waals surface area contributed by atoms with Crippen LogP contribution >= 0.6 is 0 Å². The van der Waals surface area contributed by atoms with Gasteiger partial charge in [-0.25, -0.2) is 0 Å². The second kappa shape index (κ2) is 5.05. The molecule has 84 valence electrons. The molecule has 2 N–H and O–H groups in total. The lowest BCUT2D eigenvalue weighted by molar-refractivity contribution is 0.196. The van der Waals surface area contributed by atoms with Gasteiger partial charge in [-0.15, -0.1) is 12.3 Å². The highest BCUT2D eigenvalue weighted by atomic mass is 16.5. The summed E-state index contributed by atoms with van der Waals surface area (Å²) in [6.45, 7) is 0.711. The van der Waals surface area contributed by atoms with Crippen LogP contribution in [-0.4, -0.2) is 12.6 Å². The van der Waals surface area contributed by atoms with Crippen LogP contribution in [0.5, 0.6) is 5.75 Å². The zero-order valence-electron chi connectivity index (χ0n) is 9.36. The maximum absolute atomic E-state index is 6.12. The normalized spacial score (nSPS) is 20.4. The van der Waals surface area contributed by atoms with Crippen molar-refractivity contribution < 1.29 is 4.74 Å². The van der Waals surface area contributed by atoms with E-state index in [1.54, 1.807) is 0 Å². The molecule has 16 heavy (non-hydrogen) atoms. The van der Waals surface area contributed by atoms with Crippen molar-refractivity contribution in [2.75, 3.05) is 6.61 Å². The maximum atomic E-state index is 6.12. The zero-order valence-corrected chi connectivity index (χ0v) is 9.36. The Kier molecular flexibility index (Phi) is 3.48. The van der Waals surface area contributed by atoms with Crippen LogP contribution in [-0.2, 0) is 6.42 Å². The molecule has 2 rings (SSSR count). The van der Waals surface area contributed by atoms with Crippen LogP contribution in [0.15, 0.2) is 24.3 Å². The molecule has 0 amide bonds. The van der Waals surface area contributed by atoms with Gasteiger partial charge in [0.2, 0.25) is 0 Å². The molecule has 0 aromatic heterocycles. The molecule has 1 heterocycles. The summed E-state index contributed by atoms with van der Waals surface area (Å²) in [7, 11) is 0. The fourth-order valence-corrected chi connectivity index (χ4v) is 2.11. The smallest absolute Gasteiger partial charge is 0.122 e. The van der Waals surface area contributed by atoms with Gasteiger partial charge in [-0.3, -0.25) is 0 Å². The number of terminal acetylenes is 1. The predicted molar refractivity (Wildman–Crippen MR) is 65.2 cm³/mol. The summed E-state index contributed by atoms with van der Waals surface area (Å²) in [6, 6.07) is 8.30. The number of hydrogen-bond acceptors (Lipinski definition) is 2. The van der Waals surface area contributed by atoms with E-state index in [2.05, 4.69) is 12.0 Å². The third-order valence-electron chi connectivity index (χ3n) is 3.14. The minimum absolute atomic E-state index is 0.143. The van der Waals surface area contributed by atoms with Crippen LogP contribution in [0, 0.1) is 18.3 Å². The van der Waals surface area contributed by atoms with E-state index in [-0.39, 0.29) is 6.04 Å². The first-order valence-corrected chi connectivity index (χ1v) is 5.71. The molecule has 1 aromatic carbocycles. The fourth-order valence-electron chi connectivity index (χ4n) is 2.11. The summed E-state index contributed by atoms with van der Waals surface area (Å²) in [4.78, 5) is 0. The number of fused-ring (bicyclic) bond motifs is 1. The minimum atomic E-state index is 0.143. The lowest BCUT2D eigenvalue weighted by atomic mass is 9.89. The van der Waals surface area contributed by atoms with Crippen molar-refractivity contribution in [1.82, 2.24) is 0 Å². The molecule has 2 unspecified atom stereocenters. The van der Waals surface area contributed by atoms with E-state index in [1.807, 2.05) is 18.2 Å². The van der Waals surface area contributed by atoms with Gasteiger partial charge in [0, 0.05) is 18.4 Å². The molecule has 1 aliphatic heterocycles. The topological polar surface area (TPSA) is 35.2 Å². The lowest BCUT2D eigenvalue weighted by Crippen LogP contribution is -2.37. The van der Waals surface area contributed by atoms with Crippen molar-refractivity contribution in [3.05, 3.63) is 29.8 Å². The van der Waals surface area contributed by atoms with E-state index in [9.17, 15) is 0 Å². The Morgan fingerprint density at radius 2 is 2.31 bits per heavy atom. The van der Waals surface area contributed by atoms with Gasteiger partial charge >= 0.3 is 0 Å². The largest absolute Gasteiger partial charge is 0.493 e. The van der Waals surface area contributed by atoms with Gasteiger partial charge in [0.15, 0.2) is 0 Å². The van der Waals surface area contributed by atoms with Crippen molar-refractivity contribution in [1.29, 1.82) is 0 Å². The van der Waals surface area contributed by atoms with Gasteiger partial charge < -0.3 is 10.5 Å². The Morgan fingerprint density at radius 1 is 1.50 bits per heavy atom. The van der Waals surface area contributed by atoms with Gasteiger partial charge in [-0.2, -0.15) is 0 Å². The molecular weight excluding hydrogens is 198 g/mol. The van der Waals surface area contributed by atoms with Crippen molar-refractivity contribution in [3.8, 4) is 18.1 Å². The van der Waals surface area contributed by atoms with Crippen molar-refractivity contribution in [3.63, 3.8) is 0 Å². The van der Waals surface area contributed by atoms with Crippen LogP contribution in [0.25, 0.3) is 0 Å². The van der Waals surface area contributed by atoms with E-state index < -0.39 is 0 Å². The Morgan fingerprint density at radius 3 is 3.12 bits per heavy atom. The summed E-state index contributed by atoms with van der Waals surface area (Å²) in [5, 5.41) is 0. The Balaban J connectivity index is 2.00. The summed E-state index contributed by atoms with van der Waals surface area (Å²) in [6.07, 6.45) is 7.88. The number of ether oxygens (including phenoxy) is 1. The Bertz CT molecular complexity index is 394. The summed E-state index contributed by atoms with van der Waals surface area (Å²) >= 11 is 0. The summed E-state index contributed by atoms with van der Waals surface area (Å²) < 4.78 is 5.71. The SMILES string of the molecule is C#CCCC(N)C1COc2ccccc2C1. The molecule has 0 radical (unpaired) electrons. The van der Waals surface area contributed by atoms with E-state index in [4.69, 9.17) is 16.9 Å². The van der Waals surface area contributed by atoms with Crippen molar-refractivity contribution >= 4 is 0 Å². The summed E-state index contributed by atoms with van der Waals surface area (Å²) in [5.41, 5.74) is 7.38. The molecule has 0 aliphatic carbocycles. The molecule has 0 fully saturated rings. The second-order valence-corrected chi connectivity index (χ2v) is 4.29. The van der Waals surface area contributed by atoms with Crippen LogP contribution in [0.2, 0.25) is 0 Å². The van der Waals surface area contributed by atoms with Gasteiger partial charge in [-0.05, 0) is 24.5 Å². The minimum Gasteiger partial charge on any atom is -0.493 e. The van der Waals surface area contributed by atoms with E-state index in [0.717, 1.165) is 25.0 Å². The molecule has 2 heteroatoms. The molecule has 1 aromatic rings. The number of nitrogens with two attached hydrogens (primary N) is 1. The number of hydrogen-bond donors (Lipinski definition) is 1. The highest BCUT2D eigenvalue weighted by Crippen LogP contribution is 2.28. The van der Waals surface area contributed by atoms with Crippen LogP contribution in [0.4, 0.5) is 0 Å². The van der Waals surface area contributed by atoms with Crippen LogP contribution in [0.1, 0.15) is 18.4 Å². The van der Waals surface area contributed by atoms with Crippen molar-refractivity contribution in [2.45, 2.75) is 25.3 Å². The first-order chi connectivity index (χ1) is 7.81. The van der Waals surface area contributed by atoms with Gasteiger partial charge in [0.05, 0.1) is 6.61 Å². The maximum Gasteiger partial charge on any atom is 0.122 e. The van der Waals surface area contributed by atoms with Crippen LogP contribution < -0.4 is 10.5 Å². The van der Waals surface area contributed by atoms with E-state index in [0.29, 0.717) is 12.5 Å². The van der Waals surface area contributed by atoms with Crippen LogP contribution in [0.3, 0.4) is 0 Å². The average Bonchev–Trinajstić information content (AvgIpc) is 2.35. The van der Waals surface area contributed by atoms with E-state index >= 15 is 0 Å². The molecule has 0 spiro atoms. The average molecular weight is 215 g/mol. The standard InChI is InChI=1S/C14H17NO/c1-2-3-7-13(15)12-9-11-6-4-5-8-14(11)16-10-12/h1,4-6,8,12-13H,3,7,9-10,15H2. The van der Waals surface area contributed by atoms with Crippen molar-refractivity contribution in [2.24, 2.45) is 11.7 Å². The third-order valence-corrected chi connectivity index (χ3v) is 3.14. The second-order valence-electron chi connectivity index (χ2n) is 4.29. The van der Waals surface area contributed by atoms with E-state index in [1.165, 1.54) is 5.56 Å². The van der Waals surface area contributed by atoms with Gasteiger partial charge in [0.1, 0.15) is 5.75 Å². The zero-order chi connectivity index (χ0) is 11.4. The van der Waals surface area contributed by atoms with Gasteiger partial charge in [-0.1, -0.05) is 18.2 Å². The third kappa shape index (κ3) is 2.37. The molecule has 2 atom stereocenters. The Labute approximate surface area is 96.8 Å². The molecule has 0 saturated heterocycles. The first-order valence-electron chi connectivity index (χ1n) is 5.71. The number of rotatable bonds is 3. The number of benzene rings is 1. The fraction of sp³-hybridized carbons (Fsp3) is 0.429. The monoisotopic (exact) mass is 215 g/mol. The molecule has 2 nitrogen and oxygen atoms in total. The first kappa shape index (κ1) is 11.0. The molecular formula is C14H17NO. The molecule has 0 bridgehead atoms. The molecule has 0 saturated carbocycles. The predicted octanol–water partition coefficient (Wildman–Crippen LogP) is 1.98. The number of para-hydroxylation sites is 1.